The average Bonchev–Trinajstić information content (AvgIpc) is 2.56. The third-order valence-corrected chi connectivity index (χ3v) is 5.45. The molecule has 24 heavy (non-hydrogen) atoms. The van der Waals surface area contributed by atoms with Crippen LogP contribution < -0.4 is 5.56 Å². The monoisotopic (exact) mass is 332 g/mol. The van der Waals surface area contributed by atoms with Crippen LogP contribution in [0.15, 0.2) is 23.1 Å². The number of amides is 1. The molecule has 1 aromatic heterocycles. The number of hydrogen-bond donors (Lipinski definition) is 0. The second-order valence-corrected chi connectivity index (χ2v) is 7.81. The van der Waals surface area contributed by atoms with E-state index in [1.807, 2.05) is 17.2 Å². The summed E-state index contributed by atoms with van der Waals surface area (Å²) >= 11 is 0. The molecule has 2 saturated heterocycles. The van der Waals surface area contributed by atoms with Crippen LogP contribution in [0.1, 0.15) is 51.0 Å². The van der Waals surface area contributed by atoms with Crippen LogP contribution in [0.5, 0.6) is 0 Å². The molecular formula is C19H28N2O3. The third-order valence-electron chi connectivity index (χ3n) is 5.45. The van der Waals surface area contributed by atoms with Crippen LogP contribution in [0.3, 0.4) is 0 Å². The highest BCUT2D eigenvalue weighted by molar-refractivity contribution is 5.79. The Morgan fingerprint density at radius 2 is 1.96 bits per heavy atom. The van der Waals surface area contributed by atoms with Crippen LogP contribution >= 0.6 is 0 Å². The summed E-state index contributed by atoms with van der Waals surface area (Å²) in [7, 11) is 1.77. The van der Waals surface area contributed by atoms with E-state index in [1.54, 1.807) is 17.7 Å². The Kier molecular flexibility index (Phi) is 4.81. The molecule has 2 aliphatic heterocycles. The number of rotatable bonds is 2. The minimum atomic E-state index is -0.193. The predicted molar refractivity (Wildman–Crippen MR) is 93.0 cm³/mol. The highest BCUT2D eigenvalue weighted by atomic mass is 16.5. The van der Waals surface area contributed by atoms with Crippen molar-refractivity contribution in [1.82, 2.24) is 9.47 Å². The number of pyridine rings is 1. The predicted octanol–water partition coefficient (Wildman–Crippen LogP) is 2.30. The van der Waals surface area contributed by atoms with E-state index in [0.29, 0.717) is 12.5 Å². The van der Waals surface area contributed by atoms with Gasteiger partial charge in [-0.3, -0.25) is 9.59 Å². The van der Waals surface area contributed by atoms with Gasteiger partial charge in [0, 0.05) is 44.9 Å². The number of likely N-dealkylation sites (tertiary alicyclic amines) is 1. The average molecular weight is 332 g/mol. The summed E-state index contributed by atoms with van der Waals surface area (Å²) in [4.78, 5) is 26.6. The number of carbonyl (C=O) groups excluding carboxylic acids is 1. The Morgan fingerprint density at radius 1 is 1.25 bits per heavy atom. The van der Waals surface area contributed by atoms with Crippen LogP contribution in [0.2, 0.25) is 0 Å². The quantitative estimate of drug-likeness (QED) is 0.835. The minimum Gasteiger partial charge on any atom is -0.376 e. The molecule has 0 bridgehead atoms. The van der Waals surface area contributed by atoms with E-state index in [9.17, 15) is 9.59 Å². The molecule has 5 heteroatoms. The highest BCUT2D eigenvalue weighted by Crippen LogP contribution is 2.32. The van der Waals surface area contributed by atoms with E-state index in [2.05, 4.69) is 13.8 Å². The van der Waals surface area contributed by atoms with Gasteiger partial charge in [-0.05, 0) is 57.1 Å². The van der Waals surface area contributed by atoms with Crippen molar-refractivity contribution in [3.05, 3.63) is 34.2 Å². The standard InChI is InChI=1S/C19H28N2O3/c1-19(2)13-16(7-11-24-19)18(23)21-9-5-14(6-10-21)15-4-8-20(3)17(22)12-15/h4,8,12,14,16H,5-7,9-11,13H2,1-3H3. The van der Waals surface area contributed by atoms with Crippen molar-refractivity contribution in [3.63, 3.8) is 0 Å². The maximum Gasteiger partial charge on any atom is 0.250 e. The Morgan fingerprint density at radius 3 is 2.58 bits per heavy atom. The van der Waals surface area contributed by atoms with Gasteiger partial charge in [-0.15, -0.1) is 0 Å². The summed E-state index contributed by atoms with van der Waals surface area (Å²) in [5.74, 6) is 0.761. The van der Waals surface area contributed by atoms with Gasteiger partial charge in [-0.1, -0.05) is 0 Å². The number of hydrogen-bond acceptors (Lipinski definition) is 3. The molecule has 1 amide bonds. The molecule has 1 aromatic rings. The first kappa shape index (κ1) is 17.2. The Hall–Kier alpha value is -1.62. The van der Waals surface area contributed by atoms with E-state index < -0.39 is 0 Å². The summed E-state index contributed by atoms with van der Waals surface area (Å²) in [5, 5.41) is 0. The summed E-state index contributed by atoms with van der Waals surface area (Å²) < 4.78 is 7.32. The molecule has 2 aliphatic rings. The molecule has 1 atom stereocenters. The molecule has 2 fully saturated rings. The first-order chi connectivity index (χ1) is 11.4. The van der Waals surface area contributed by atoms with Gasteiger partial charge < -0.3 is 14.2 Å². The molecule has 132 valence electrons. The lowest BCUT2D eigenvalue weighted by Crippen LogP contribution is -2.46. The van der Waals surface area contributed by atoms with Crippen molar-refractivity contribution in [2.75, 3.05) is 19.7 Å². The van der Waals surface area contributed by atoms with Crippen LogP contribution in [0.4, 0.5) is 0 Å². The largest absolute Gasteiger partial charge is 0.376 e. The fourth-order valence-corrected chi connectivity index (χ4v) is 3.95. The fourth-order valence-electron chi connectivity index (χ4n) is 3.95. The number of aromatic nitrogens is 1. The highest BCUT2D eigenvalue weighted by Gasteiger charge is 2.36. The number of ether oxygens (including phenoxy) is 1. The zero-order valence-electron chi connectivity index (χ0n) is 15.0. The second-order valence-electron chi connectivity index (χ2n) is 7.81. The summed E-state index contributed by atoms with van der Waals surface area (Å²) in [6.45, 7) is 6.38. The van der Waals surface area contributed by atoms with Gasteiger partial charge in [0.15, 0.2) is 0 Å². The lowest BCUT2D eigenvalue weighted by Gasteiger charge is -2.39. The molecule has 3 heterocycles. The van der Waals surface area contributed by atoms with Gasteiger partial charge in [-0.2, -0.15) is 0 Å². The summed E-state index contributed by atoms with van der Waals surface area (Å²) in [5.41, 5.74) is 0.953. The molecule has 0 saturated carbocycles. The summed E-state index contributed by atoms with van der Waals surface area (Å²) in [6, 6.07) is 3.77. The normalized spacial score (nSPS) is 24.8. The zero-order valence-corrected chi connectivity index (χ0v) is 15.0. The Bertz CT molecular complexity index is 657. The lowest BCUT2D eigenvalue weighted by molar-refractivity contribution is -0.146. The SMILES string of the molecule is Cn1ccc(C2CCN(C(=O)C3CCOC(C)(C)C3)CC2)cc1=O. The van der Waals surface area contributed by atoms with Crippen molar-refractivity contribution in [3.8, 4) is 0 Å². The molecule has 0 N–H and O–H groups in total. The lowest BCUT2D eigenvalue weighted by atomic mass is 9.85. The van der Waals surface area contributed by atoms with Crippen molar-refractivity contribution in [1.29, 1.82) is 0 Å². The van der Waals surface area contributed by atoms with E-state index in [4.69, 9.17) is 4.74 Å². The fraction of sp³-hybridized carbons (Fsp3) is 0.684. The maximum atomic E-state index is 12.8. The molecular weight excluding hydrogens is 304 g/mol. The van der Waals surface area contributed by atoms with Crippen molar-refractivity contribution < 1.29 is 9.53 Å². The third kappa shape index (κ3) is 3.72. The number of nitrogens with zero attached hydrogens (tertiary/aromatic N) is 2. The molecule has 0 aliphatic carbocycles. The van der Waals surface area contributed by atoms with Gasteiger partial charge in [0.05, 0.1) is 5.60 Å². The van der Waals surface area contributed by atoms with E-state index in [0.717, 1.165) is 44.3 Å². The van der Waals surface area contributed by atoms with Crippen LogP contribution in [-0.2, 0) is 16.6 Å². The maximum absolute atomic E-state index is 12.8. The molecule has 0 aromatic carbocycles. The van der Waals surface area contributed by atoms with Gasteiger partial charge in [-0.25, -0.2) is 0 Å². The van der Waals surface area contributed by atoms with E-state index >= 15 is 0 Å². The Labute approximate surface area is 143 Å². The topological polar surface area (TPSA) is 51.5 Å². The van der Waals surface area contributed by atoms with E-state index in [1.165, 1.54) is 0 Å². The number of carbonyl (C=O) groups is 1. The van der Waals surface area contributed by atoms with Crippen molar-refractivity contribution in [2.24, 2.45) is 13.0 Å². The van der Waals surface area contributed by atoms with Gasteiger partial charge >= 0.3 is 0 Å². The molecule has 0 spiro atoms. The summed E-state index contributed by atoms with van der Waals surface area (Å²) in [6.07, 6.45) is 5.34. The van der Waals surface area contributed by atoms with Gasteiger partial charge in [0.2, 0.25) is 5.91 Å². The Balaban J connectivity index is 1.59. The second kappa shape index (κ2) is 6.71. The van der Waals surface area contributed by atoms with Crippen LogP contribution in [0, 0.1) is 5.92 Å². The first-order valence-electron chi connectivity index (χ1n) is 8.95. The molecule has 5 nitrogen and oxygen atoms in total. The number of aryl methyl sites for hydroxylation is 1. The van der Waals surface area contributed by atoms with E-state index in [-0.39, 0.29) is 23.0 Å². The van der Waals surface area contributed by atoms with Crippen molar-refractivity contribution >= 4 is 5.91 Å². The van der Waals surface area contributed by atoms with Gasteiger partial charge in [0.1, 0.15) is 0 Å². The zero-order chi connectivity index (χ0) is 17.3. The first-order valence-corrected chi connectivity index (χ1v) is 8.95. The molecule has 1 unspecified atom stereocenters. The van der Waals surface area contributed by atoms with Crippen molar-refractivity contribution in [2.45, 2.75) is 51.0 Å². The van der Waals surface area contributed by atoms with Gasteiger partial charge in [0.25, 0.3) is 5.56 Å². The molecule has 0 radical (unpaired) electrons. The number of piperidine rings is 1. The molecule has 3 rings (SSSR count). The van der Waals surface area contributed by atoms with Crippen LogP contribution in [0.25, 0.3) is 0 Å². The minimum absolute atomic E-state index is 0.0374. The van der Waals surface area contributed by atoms with Crippen LogP contribution in [-0.4, -0.2) is 40.7 Å². The smallest absolute Gasteiger partial charge is 0.250 e.